The Morgan fingerprint density at radius 1 is 1.04 bits per heavy atom. The summed E-state index contributed by atoms with van der Waals surface area (Å²) < 4.78 is 37.6. The number of carbonyl (C=O) groups is 1. The lowest BCUT2D eigenvalue weighted by Crippen LogP contribution is -2.41. The predicted molar refractivity (Wildman–Crippen MR) is 103 cm³/mol. The molecule has 27 heavy (non-hydrogen) atoms. The van der Waals surface area contributed by atoms with Crippen molar-refractivity contribution in [2.75, 3.05) is 5.75 Å². The maximum absolute atomic E-state index is 12.8. The highest BCUT2D eigenvalue weighted by Crippen LogP contribution is 2.24. The smallest absolute Gasteiger partial charge is 0.257 e. The summed E-state index contributed by atoms with van der Waals surface area (Å²) in [6.45, 7) is 0. The monoisotopic (exact) mass is 408 g/mol. The van der Waals surface area contributed by atoms with Crippen molar-refractivity contribution in [3.8, 4) is 0 Å². The van der Waals surface area contributed by atoms with E-state index < -0.39 is 15.9 Å². The molecule has 0 atom stereocenters. The van der Waals surface area contributed by atoms with Crippen LogP contribution in [0.25, 0.3) is 0 Å². The molecule has 0 saturated heterocycles. The first-order valence-electron chi connectivity index (χ1n) is 8.75. The van der Waals surface area contributed by atoms with Crippen molar-refractivity contribution < 1.29 is 17.6 Å². The minimum Gasteiger partial charge on any atom is -0.278 e. The van der Waals surface area contributed by atoms with E-state index in [0.29, 0.717) is 5.75 Å². The number of halogens is 1. The van der Waals surface area contributed by atoms with Gasteiger partial charge >= 0.3 is 0 Å². The Bertz CT molecular complexity index is 915. The number of fused-ring (bicyclic) bond motifs is 1. The van der Waals surface area contributed by atoms with Crippen LogP contribution in [0.4, 0.5) is 4.39 Å². The topological polar surface area (TPSA) is 75.3 Å². The summed E-state index contributed by atoms with van der Waals surface area (Å²) >= 11 is 1.40. The van der Waals surface area contributed by atoms with E-state index in [9.17, 15) is 17.6 Å². The van der Waals surface area contributed by atoms with Gasteiger partial charge in [-0.2, -0.15) is 0 Å². The van der Waals surface area contributed by atoms with Gasteiger partial charge in [0.1, 0.15) is 5.82 Å². The second kappa shape index (κ2) is 8.86. The molecule has 0 spiro atoms. The number of thioether (sulfide) groups is 1. The fourth-order valence-corrected chi connectivity index (χ4v) is 4.68. The van der Waals surface area contributed by atoms with Crippen molar-refractivity contribution in [2.45, 2.75) is 41.9 Å². The number of hydrazine groups is 1. The summed E-state index contributed by atoms with van der Waals surface area (Å²) in [4.78, 5) is 15.0. The zero-order valence-electron chi connectivity index (χ0n) is 14.7. The van der Waals surface area contributed by atoms with Crippen LogP contribution in [0.2, 0.25) is 0 Å². The molecular weight excluding hydrogens is 387 g/mol. The SMILES string of the molecule is O=C(CCSc1ccc(F)cc1)NNS(=O)(=O)c1ccc2c(c1)CCCC2. The van der Waals surface area contributed by atoms with Gasteiger partial charge in [0.2, 0.25) is 5.91 Å². The number of amides is 1. The molecular formula is C19H21FN2O3S2. The van der Waals surface area contributed by atoms with Gasteiger partial charge in [0.05, 0.1) is 4.90 Å². The molecule has 0 heterocycles. The minimum absolute atomic E-state index is 0.134. The van der Waals surface area contributed by atoms with Crippen molar-refractivity contribution in [1.29, 1.82) is 0 Å². The van der Waals surface area contributed by atoms with Crippen molar-refractivity contribution in [3.05, 3.63) is 59.4 Å². The summed E-state index contributed by atoms with van der Waals surface area (Å²) in [5, 5.41) is 0. The van der Waals surface area contributed by atoms with Crippen molar-refractivity contribution in [2.24, 2.45) is 0 Å². The molecule has 2 aromatic carbocycles. The van der Waals surface area contributed by atoms with Gasteiger partial charge in [-0.25, -0.2) is 12.8 Å². The Morgan fingerprint density at radius 2 is 1.74 bits per heavy atom. The lowest BCUT2D eigenvalue weighted by Gasteiger charge is -2.17. The zero-order chi connectivity index (χ0) is 19.3. The second-order valence-corrected chi connectivity index (χ2v) is 9.19. The fourth-order valence-electron chi connectivity index (χ4n) is 2.91. The Labute approximate surface area is 162 Å². The van der Waals surface area contributed by atoms with Crippen LogP contribution in [-0.4, -0.2) is 20.1 Å². The van der Waals surface area contributed by atoms with Crippen molar-refractivity contribution in [3.63, 3.8) is 0 Å². The van der Waals surface area contributed by atoms with Crippen LogP contribution in [0.3, 0.4) is 0 Å². The Morgan fingerprint density at radius 3 is 2.48 bits per heavy atom. The lowest BCUT2D eigenvalue weighted by molar-refractivity contribution is -0.121. The Hall–Kier alpha value is -1.90. The number of nitrogens with one attached hydrogen (secondary N) is 2. The highest BCUT2D eigenvalue weighted by molar-refractivity contribution is 7.99. The molecule has 0 aromatic heterocycles. The molecule has 2 N–H and O–H groups in total. The van der Waals surface area contributed by atoms with E-state index in [1.165, 1.54) is 29.5 Å². The summed E-state index contributed by atoms with van der Waals surface area (Å²) in [7, 11) is -3.80. The molecule has 0 saturated carbocycles. The lowest BCUT2D eigenvalue weighted by atomic mass is 9.92. The first kappa shape index (κ1) is 19.9. The average Bonchev–Trinajstić information content (AvgIpc) is 2.67. The van der Waals surface area contributed by atoms with Gasteiger partial charge in [-0.15, -0.1) is 16.6 Å². The third-order valence-electron chi connectivity index (χ3n) is 4.37. The molecule has 1 aliphatic rings. The zero-order valence-corrected chi connectivity index (χ0v) is 16.3. The Balaban J connectivity index is 1.49. The van der Waals surface area contributed by atoms with Crippen molar-refractivity contribution >= 4 is 27.7 Å². The normalized spacial score (nSPS) is 13.8. The van der Waals surface area contributed by atoms with Gasteiger partial charge in [0.15, 0.2) is 0 Å². The van der Waals surface area contributed by atoms with Gasteiger partial charge < -0.3 is 0 Å². The van der Waals surface area contributed by atoms with Crippen LogP contribution in [-0.2, 0) is 27.7 Å². The maximum atomic E-state index is 12.8. The minimum atomic E-state index is -3.80. The van der Waals surface area contributed by atoms with Gasteiger partial charge in [0.25, 0.3) is 10.0 Å². The number of aryl methyl sites for hydroxylation is 2. The van der Waals surface area contributed by atoms with Gasteiger partial charge in [-0.3, -0.25) is 10.2 Å². The first-order valence-corrected chi connectivity index (χ1v) is 11.2. The Kier molecular flexibility index (Phi) is 6.51. The largest absolute Gasteiger partial charge is 0.278 e. The van der Waals surface area contributed by atoms with Gasteiger partial charge in [0, 0.05) is 17.1 Å². The van der Waals surface area contributed by atoms with Crippen LogP contribution < -0.4 is 10.3 Å². The number of rotatable bonds is 7. The molecule has 0 radical (unpaired) electrons. The first-order chi connectivity index (χ1) is 12.9. The molecule has 0 aliphatic heterocycles. The number of hydrogen-bond acceptors (Lipinski definition) is 4. The standard InChI is InChI=1S/C19H21FN2O3S2/c20-16-6-8-17(9-7-16)26-12-11-19(23)21-22-27(24,25)18-10-5-14-3-1-2-4-15(14)13-18/h5-10,13,22H,1-4,11-12H2,(H,21,23). The quantitative estimate of drug-likeness (QED) is 0.545. The molecule has 0 bridgehead atoms. The van der Waals surface area contributed by atoms with E-state index >= 15 is 0 Å². The van der Waals surface area contributed by atoms with Crippen LogP contribution in [0, 0.1) is 5.82 Å². The van der Waals surface area contributed by atoms with E-state index in [4.69, 9.17) is 0 Å². The summed E-state index contributed by atoms with van der Waals surface area (Å²) in [6.07, 6.45) is 4.18. The fraction of sp³-hybridized carbons (Fsp3) is 0.316. The number of carbonyl (C=O) groups excluding carboxylic acids is 1. The van der Waals surface area contributed by atoms with Gasteiger partial charge in [-0.1, -0.05) is 6.07 Å². The summed E-state index contributed by atoms with van der Waals surface area (Å²) in [5.41, 5.74) is 4.50. The molecule has 1 amide bonds. The predicted octanol–water partition coefficient (Wildman–Crippen LogP) is 3.20. The van der Waals surface area contributed by atoms with Crippen LogP contribution in [0.1, 0.15) is 30.4 Å². The molecule has 2 aromatic rings. The number of benzene rings is 2. The van der Waals surface area contributed by atoms with E-state index in [2.05, 4.69) is 10.3 Å². The van der Waals surface area contributed by atoms with E-state index in [1.807, 2.05) is 6.07 Å². The third kappa shape index (κ3) is 5.54. The number of hydrogen-bond donors (Lipinski definition) is 2. The van der Waals surface area contributed by atoms with Crippen LogP contribution in [0.5, 0.6) is 0 Å². The van der Waals surface area contributed by atoms with Crippen LogP contribution in [0.15, 0.2) is 52.3 Å². The second-order valence-electron chi connectivity index (χ2n) is 6.34. The molecule has 8 heteroatoms. The van der Waals surface area contributed by atoms with E-state index in [0.717, 1.165) is 36.1 Å². The maximum Gasteiger partial charge on any atom is 0.257 e. The molecule has 0 unspecified atom stereocenters. The number of sulfonamides is 1. The molecule has 1 aliphatic carbocycles. The van der Waals surface area contributed by atoms with E-state index in [-0.39, 0.29) is 17.1 Å². The molecule has 0 fully saturated rings. The molecule has 3 rings (SSSR count). The highest BCUT2D eigenvalue weighted by Gasteiger charge is 2.18. The summed E-state index contributed by atoms with van der Waals surface area (Å²) in [5.74, 6) is -0.280. The van der Waals surface area contributed by atoms with Crippen LogP contribution >= 0.6 is 11.8 Å². The highest BCUT2D eigenvalue weighted by atomic mass is 32.2. The molecule has 144 valence electrons. The van der Waals surface area contributed by atoms with Crippen molar-refractivity contribution in [1.82, 2.24) is 10.3 Å². The summed E-state index contributed by atoms with van der Waals surface area (Å²) in [6, 6.07) is 11.1. The third-order valence-corrected chi connectivity index (χ3v) is 6.63. The van der Waals surface area contributed by atoms with Gasteiger partial charge in [-0.05, 0) is 73.2 Å². The molecule has 5 nitrogen and oxygen atoms in total. The van der Waals surface area contributed by atoms with E-state index in [1.54, 1.807) is 24.3 Å². The average molecular weight is 409 g/mol.